The molecule has 148 valence electrons. The third-order valence-electron chi connectivity index (χ3n) is 5.01. The molecule has 7 nitrogen and oxygen atoms in total. The van der Waals surface area contributed by atoms with E-state index in [1.165, 1.54) is 0 Å². The van der Waals surface area contributed by atoms with Crippen molar-refractivity contribution in [1.82, 2.24) is 15.1 Å². The van der Waals surface area contributed by atoms with Crippen molar-refractivity contribution in [2.24, 2.45) is 0 Å². The summed E-state index contributed by atoms with van der Waals surface area (Å²) in [6.07, 6.45) is 0.121. The molecule has 2 heterocycles. The summed E-state index contributed by atoms with van der Waals surface area (Å²) in [5, 5.41) is 3.56. The lowest BCUT2D eigenvalue weighted by Crippen LogP contribution is -2.53. The molecule has 2 atom stereocenters. The smallest absolute Gasteiger partial charge is 0.251 e. The molecule has 2 fully saturated rings. The number of likely N-dealkylation sites (N-methyl/N-ethyl adjacent to an activating group) is 1. The zero-order valence-corrected chi connectivity index (χ0v) is 16.3. The molecular formula is C19H26ClN3O4. The maximum Gasteiger partial charge on any atom is 0.251 e. The van der Waals surface area contributed by atoms with Gasteiger partial charge in [0.1, 0.15) is 6.61 Å². The third kappa shape index (κ3) is 5.19. The fraction of sp³-hybridized carbons (Fsp3) is 0.579. The summed E-state index contributed by atoms with van der Waals surface area (Å²) in [6.45, 7) is 4.81. The molecular weight excluding hydrogens is 370 g/mol. The van der Waals surface area contributed by atoms with Crippen LogP contribution in [-0.2, 0) is 19.1 Å². The number of benzene rings is 1. The van der Waals surface area contributed by atoms with Crippen LogP contribution in [0.15, 0.2) is 24.3 Å². The van der Waals surface area contributed by atoms with E-state index >= 15 is 0 Å². The number of rotatable bonds is 6. The number of amides is 2. The number of morpholine rings is 2. The SMILES string of the molecule is CN1C(=O)CO[C@@H](C(=O)NCCCN2CCOCC2)[C@H]1c1ccc(Cl)cc1. The summed E-state index contributed by atoms with van der Waals surface area (Å²) in [6, 6.07) is 6.68. The highest BCUT2D eigenvalue weighted by molar-refractivity contribution is 6.30. The van der Waals surface area contributed by atoms with Gasteiger partial charge in [0.2, 0.25) is 5.91 Å². The van der Waals surface area contributed by atoms with Gasteiger partial charge in [-0.15, -0.1) is 0 Å². The Bertz CT molecular complexity index is 649. The van der Waals surface area contributed by atoms with Crippen molar-refractivity contribution in [2.45, 2.75) is 18.6 Å². The van der Waals surface area contributed by atoms with E-state index in [1.807, 2.05) is 12.1 Å². The molecule has 2 aliphatic heterocycles. The van der Waals surface area contributed by atoms with E-state index < -0.39 is 12.1 Å². The number of nitrogens with zero attached hydrogens (tertiary/aromatic N) is 2. The average Bonchev–Trinajstić information content (AvgIpc) is 2.69. The Morgan fingerprint density at radius 1 is 1.26 bits per heavy atom. The predicted octanol–water partition coefficient (Wildman–Crippen LogP) is 1.08. The topological polar surface area (TPSA) is 71.1 Å². The Hall–Kier alpha value is -1.67. The molecule has 2 saturated heterocycles. The van der Waals surface area contributed by atoms with Crippen LogP contribution in [0.4, 0.5) is 0 Å². The quantitative estimate of drug-likeness (QED) is 0.730. The van der Waals surface area contributed by atoms with Gasteiger partial charge in [-0.3, -0.25) is 14.5 Å². The van der Waals surface area contributed by atoms with Gasteiger partial charge in [0.25, 0.3) is 5.91 Å². The second-order valence-corrected chi connectivity index (χ2v) is 7.27. The van der Waals surface area contributed by atoms with Crippen LogP contribution < -0.4 is 5.32 Å². The first-order chi connectivity index (χ1) is 13.1. The Morgan fingerprint density at radius 2 is 1.96 bits per heavy atom. The molecule has 0 spiro atoms. The molecule has 0 unspecified atom stereocenters. The van der Waals surface area contributed by atoms with Crippen LogP contribution in [-0.4, -0.2) is 80.8 Å². The maximum atomic E-state index is 12.7. The highest BCUT2D eigenvalue weighted by Crippen LogP contribution is 2.30. The number of carbonyl (C=O) groups excluding carboxylic acids is 2. The van der Waals surface area contributed by atoms with E-state index in [1.54, 1.807) is 24.1 Å². The van der Waals surface area contributed by atoms with Gasteiger partial charge >= 0.3 is 0 Å². The Balaban J connectivity index is 1.57. The van der Waals surface area contributed by atoms with Gasteiger partial charge in [-0.25, -0.2) is 0 Å². The van der Waals surface area contributed by atoms with Gasteiger partial charge in [-0.05, 0) is 30.7 Å². The minimum atomic E-state index is -0.739. The monoisotopic (exact) mass is 395 g/mol. The zero-order valence-electron chi connectivity index (χ0n) is 15.5. The second-order valence-electron chi connectivity index (χ2n) is 6.83. The number of hydrogen-bond acceptors (Lipinski definition) is 5. The first kappa shape index (κ1) is 20.1. The largest absolute Gasteiger partial charge is 0.379 e. The summed E-state index contributed by atoms with van der Waals surface area (Å²) >= 11 is 5.96. The van der Waals surface area contributed by atoms with Crippen molar-refractivity contribution in [1.29, 1.82) is 0 Å². The van der Waals surface area contributed by atoms with Gasteiger partial charge in [-0.1, -0.05) is 23.7 Å². The van der Waals surface area contributed by atoms with Gasteiger partial charge in [-0.2, -0.15) is 0 Å². The first-order valence-corrected chi connectivity index (χ1v) is 9.64. The van der Waals surface area contributed by atoms with Crippen LogP contribution in [0, 0.1) is 0 Å². The lowest BCUT2D eigenvalue weighted by atomic mass is 9.97. The van der Waals surface area contributed by atoms with Crippen molar-refractivity contribution in [3.8, 4) is 0 Å². The molecule has 0 aromatic heterocycles. The number of nitrogens with one attached hydrogen (secondary N) is 1. The van der Waals surface area contributed by atoms with Gasteiger partial charge < -0.3 is 19.7 Å². The number of ether oxygens (including phenoxy) is 2. The van der Waals surface area contributed by atoms with Crippen molar-refractivity contribution in [3.63, 3.8) is 0 Å². The van der Waals surface area contributed by atoms with E-state index in [0.29, 0.717) is 11.6 Å². The van der Waals surface area contributed by atoms with Crippen LogP contribution in [0.2, 0.25) is 5.02 Å². The molecule has 2 aliphatic rings. The highest BCUT2D eigenvalue weighted by Gasteiger charge is 2.39. The Kier molecular flexibility index (Phi) is 7.07. The predicted molar refractivity (Wildman–Crippen MR) is 102 cm³/mol. The molecule has 1 aromatic rings. The summed E-state index contributed by atoms with van der Waals surface area (Å²) in [5.41, 5.74) is 0.823. The summed E-state index contributed by atoms with van der Waals surface area (Å²) in [4.78, 5) is 28.7. The lowest BCUT2D eigenvalue weighted by molar-refractivity contribution is -0.162. The van der Waals surface area contributed by atoms with Crippen LogP contribution in [0.3, 0.4) is 0 Å². The maximum absolute atomic E-state index is 12.7. The molecule has 0 radical (unpaired) electrons. The van der Waals surface area contributed by atoms with Crippen molar-refractivity contribution < 1.29 is 19.1 Å². The van der Waals surface area contributed by atoms with Crippen LogP contribution >= 0.6 is 11.6 Å². The van der Waals surface area contributed by atoms with Crippen LogP contribution in [0.1, 0.15) is 18.0 Å². The van der Waals surface area contributed by atoms with Gasteiger partial charge in [0.05, 0.1) is 19.3 Å². The summed E-state index contributed by atoms with van der Waals surface area (Å²) in [7, 11) is 1.70. The fourth-order valence-electron chi connectivity index (χ4n) is 3.43. The van der Waals surface area contributed by atoms with Crippen molar-refractivity contribution in [2.75, 3.05) is 53.0 Å². The highest BCUT2D eigenvalue weighted by atomic mass is 35.5. The summed E-state index contributed by atoms with van der Waals surface area (Å²) < 4.78 is 10.9. The first-order valence-electron chi connectivity index (χ1n) is 9.27. The Labute approximate surface area is 164 Å². The van der Waals surface area contributed by atoms with Crippen molar-refractivity contribution in [3.05, 3.63) is 34.9 Å². The Morgan fingerprint density at radius 3 is 2.67 bits per heavy atom. The lowest BCUT2D eigenvalue weighted by Gasteiger charge is -2.38. The van der Waals surface area contributed by atoms with E-state index in [2.05, 4.69) is 10.2 Å². The molecule has 0 saturated carbocycles. The van der Waals surface area contributed by atoms with Crippen LogP contribution in [0.25, 0.3) is 0 Å². The number of carbonyl (C=O) groups is 2. The molecule has 1 N–H and O–H groups in total. The normalized spacial score (nSPS) is 24.1. The fourth-order valence-corrected chi connectivity index (χ4v) is 3.56. The molecule has 1 aromatic carbocycles. The number of hydrogen-bond donors (Lipinski definition) is 1. The van der Waals surface area contributed by atoms with E-state index in [-0.39, 0.29) is 18.4 Å². The van der Waals surface area contributed by atoms with E-state index in [0.717, 1.165) is 44.8 Å². The molecule has 2 amide bonds. The van der Waals surface area contributed by atoms with E-state index in [4.69, 9.17) is 21.1 Å². The third-order valence-corrected chi connectivity index (χ3v) is 5.26. The van der Waals surface area contributed by atoms with Crippen LogP contribution in [0.5, 0.6) is 0 Å². The molecule has 27 heavy (non-hydrogen) atoms. The second kappa shape index (κ2) is 9.50. The molecule has 3 rings (SSSR count). The number of halogens is 1. The molecule has 0 aliphatic carbocycles. The minimum Gasteiger partial charge on any atom is -0.379 e. The van der Waals surface area contributed by atoms with Gasteiger partial charge in [0.15, 0.2) is 6.10 Å². The minimum absolute atomic E-state index is 0.0908. The molecule has 0 bridgehead atoms. The average molecular weight is 396 g/mol. The zero-order chi connectivity index (χ0) is 19.2. The van der Waals surface area contributed by atoms with Crippen molar-refractivity contribution >= 4 is 23.4 Å². The summed E-state index contributed by atoms with van der Waals surface area (Å²) in [5.74, 6) is -0.345. The van der Waals surface area contributed by atoms with E-state index in [9.17, 15) is 9.59 Å². The standard InChI is InChI=1S/C19H26ClN3O4/c1-22-16(24)13-27-18(17(22)14-3-5-15(20)6-4-14)19(25)21-7-2-8-23-9-11-26-12-10-23/h3-6,17-18H,2,7-13H2,1H3,(H,21,25)/t17-,18-/m1/s1. The molecule has 8 heteroatoms. The van der Waals surface area contributed by atoms with Gasteiger partial charge in [0, 0.05) is 31.7 Å².